The van der Waals surface area contributed by atoms with Crippen LogP contribution >= 0.6 is 0 Å². The predicted octanol–water partition coefficient (Wildman–Crippen LogP) is 2.65. The lowest BCUT2D eigenvalue weighted by Gasteiger charge is -2.27. The number of hydrogen-bond acceptors (Lipinski definition) is 3. The van der Waals surface area contributed by atoms with Gasteiger partial charge in [0.15, 0.2) is 0 Å². The molecule has 2 aromatic rings. The van der Waals surface area contributed by atoms with Gasteiger partial charge in [-0.1, -0.05) is 29.8 Å². The van der Waals surface area contributed by atoms with Gasteiger partial charge >= 0.3 is 0 Å². The molecule has 3 nitrogen and oxygen atoms in total. The van der Waals surface area contributed by atoms with Crippen molar-refractivity contribution >= 4 is 0 Å². The fourth-order valence-corrected chi connectivity index (χ4v) is 2.66. The molecule has 0 fully saturated rings. The molecular weight excluding hydrogens is 234 g/mol. The molecule has 0 N–H and O–H groups in total. The van der Waals surface area contributed by atoms with Crippen LogP contribution in [0.2, 0.25) is 0 Å². The summed E-state index contributed by atoms with van der Waals surface area (Å²) < 4.78 is 0. The average Bonchev–Trinajstić information content (AvgIpc) is 2.38. The van der Waals surface area contributed by atoms with Gasteiger partial charge in [0.2, 0.25) is 0 Å². The SMILES string of the molecule is Cc1cccc(CN2CCc3cnc(C)nc3C2)c1. The molecule has 1 aromatic heterocycles. The first-order valence-electron chi connectivity index (χ1n) is 6.80. The first-order chi connectivity index (χ1) is 9.20. The molecule has 1 aliphatic heterocycles. The molecule has 3 rings (SSSR count). The van der Waals surface area contributed by atoms with Gasteiger partial charge in [-0.3, -0.25) is 4.90 Å². The van der Waals surface area contributed by atoms with E-state index in [4.69, 9.17) is 0 Å². The highest BCUT2D eigenvalue weighted by atomic mass is 15.1. The first-order valence-corrected chi connectivity index (χ1v) is 6.80. The lowest BCUT2D eigenvalue weighted by molar-refractivity contribution is 0.241. The molecule has 0 aliphatic carbocycles. The number of benzene rings is 1. The maximum atomic E-state index is 4.57. The van der Waals surface area contributed by atoms with E-state index in [0.717, 1.165) is 31.9 Å². The zero-order valence-electron chi connectivity index (χ0n) is 11.6. The van der Waals surface area contributed by atoms with E-state index in [1.165, 1.54) is 22.4 Å². The molecule has 2 heterocycles. The van der Waals surface area contributed by atoms with Crippen LogP contribution in [0.25, 0.3) is 0 Å². The molecule has 0 atom stereocenters. The van der Waals surface area contributed by atoms with Crippen molar-refractivity contribution in [1.82, 2.24) is 14.9 Å². The molecule has 0 saturated carbocycles. The van der Waals surface area contributed by atoms with Crippen LogP contribution in [0.1, 0.15) is 28.2 Å². The minimum Gasteiger partial charge on any atom is -0.293 e. The Balaban J connectivity index is 1.75. The zero-order valence-corrected chi connectivity index (χ0v) is 11.6. The maximum absolute atomic E-state index is 4.57. The highest BCUT2D eigenvalue weighted by Crippen LogP contribution is 2.18. The van der Waals surface area contributed by atoms with E-state index in [1.807, 2.05) is 13.1 Å². The standard InChI is InChI=1S/C16H19N3/c1-12-4-3-5-14(8-12)10-19-7-6-15-9-17-13(2)18-16(15)11-19/h3-5,8-9H,6-7,10-11H2,1-2H3. The Morgan fingerprint density at radius 3 is 3.00 bits per heavy atom. The van der Waals surface area contributed by atoms with E-state index in [2.05, 4.69) is 46.1 Å². The van der Waals surface area contributed by atoms with E-state index in [9.17, 15) is 0 Å². The molecule has 0 saturated heterocycles. The van der Waals surface area contributed by atoms with Gasteiger partial charge in [0.25, 0.3) is 0 Å². The average molecular weight is 253 g/mol. The van der Waals surface area contributed by atoms with Crippen molar-refractivity contribution in [2.75, 3.05) is 6.54 Å². The fraction of sp³-hybridized carbons (Fsp3) is 0.375. The lowest BCUT2D eigenvalue weighted by Crippen LogP contribution is -2.31. The number of aryl methyl sites for hydroxylation is 2. The third-order valence-electron chi connectivity index (χ3n) is 3.63. The van der Waals surface area contributed by atoms with E-state index in [0.29, 0.717) is 0 Å². The van der Waals surface area contributed by atoms with Crippen LogP contribution in [-0.2, 0) is 19.5 Å². The summed E-state index contributed by atoms with van der Waals surface area (Å²) in [6.07, 6.45) is 3.04. The van der Waals surface area contributed by atoms with Gasteiger partial charge in [0.1, 0.15) is 5.82 Å². The monoisotopic (exact) mass is 253 g/mol. The Bertz CT molecular complexity index is 592. The Labute approximate surface area is 114 Å². The Morgan fingerprint density at radius 2 is 2.16 bits per heavy atom. The van der Waals surface area contributed by atoms with Gasteiger partial charge in [0, 0.05) is 25.8 Å². The normalized spacial score (nSPS) is 15.3. The molecule has 1 aliphatic rings. The van der Waals surface area contributed by atoms with Gasteiger partial charge in [-0.2, -0.15) is 0 Å². The highest BCUT2D eigenvalue weighted by molar-refractivity contribution is 5.24. The van der Waals surface area contributed by atoms with E-state index in [1.54, 1.807) is 0 Å². The van der Waals surface area contributed by atoms with Crippen LogP contribution in [0.3, 0.4) is 0 Å². The molecule has 98 valence electrons. The minimum atomic E-state index is 0.871. The van der Waals surface area contributed by atoms with Crippen LogP contribution in [-0.4, -0.2) is 21.4 Å². The van der Waals surface area contributed by atoms with Gasteiger partial charge in [0.05, 0.1) is 5.69 Å². The predicted molar refractivity (Wildman–Crippen MR) is 75.8 cm³/mol. The maximum Gasteiger partial charge on any atom is 0.125 e. The highest BCUT2D eigenvalue weighted by Gasteiger charge is 2.17. The van der Waals surface area contributed by atoms with Crippen molar-refractivity contribution in [1.29, 1.82) is 0 Å². The van der Waals surface area contributed by atoms with E-state index < -0.39 is 0 Å². The van der Waals surface area contributed by atoms with Crippen LogP contribution in [0.4, 0.5) is 0 Å². The van der Waals surface area contributed by atoms with Crippen LogP contribution < -0.4 is 0 Å². The van der Waals surface area contributed by atoms with Crippen molar-refractivity contribution in [3.05, 3.63) is 58.7 Å². The molecule has 0 amide bonds. The zero-order chi connectivity index (χ0) is 13.2. The number of aromatic nitrogens is 2. The van der Waals surface area contributed by atoms with E-state index >= 15 is 0 Å². The third-order valence-corrected chi connectivity index (χ3v) is 3.63. The largest absolute Gasteiger partial charge is 0.293 e. The summed E-state index contributed by atoms with van der Waals surface area (Å²) in [6, 6.07) is 8.74. The molecule has 0 spiro atoms. The van der Waals surface area contributed by atoms with Crippen LogP contribution in [0.15, 0.2) is 30.5 Å². The molecular formula is C16H19N3. The summed E-state index contributed by atoms with van der Waals surface area (Å²) >= 11 is 0. The molecule has 1 aromatic carbocycles. The summed E-state index contributed by atoms with van der Waals surface area (Å²) in [5, 5.41) is 0. The van der Waals surface area contributed by atoms with Gasteiger partial charge < -0.3 is 0 Å². The summed E-state index contributed by atoms with van der Waals surface area (Å²) in [5.74, 6) is 0.871. The van der Waals surface area contributed by atoms with E-state index in [-0.39, 0.29) is 0 Å². The summed E-state index contributed by atoms with van der Waals surface area (Å²) in [7, 11) is 0. The van der Waals surface area contributed by atoms with Gasteiger partial charge in [-0.05, 0) is 31.4 Å². The van der Waals surface area contributed by atoms with Crippen molar-refractivity contribution in [2.45, 2.75) is 33.4 Å². The molecule has 3 heteroatoms. The van der Waals surface area contributed by atoms with Crippen LogP contribution in [0.5, 0.6) is 0 Å². The Morgan fingerprint density at radius 1 is 1.26 bits per heavy atom. The summed E-state index contributed by atoms with van der Waals surface area (Å²) in [6.45, 7) is 7.13. The van der Waals surface area contributed by atoms with Crippen molar-refractivity contribution in [3.8, 4) is 0 Å². The number of rotatable bonds is 2. The van der Waals surface area contributed by atoms with Crippen LogP contribution in [0, 0.1) is 13.8 Å². The topological polar surface area (TPSA) is 29.0 Å². The smallest absolute Gasteiger partial charge is 0.125 e. The molecule has 0 bridgehead atoms. The minimum absolute atomic E-state index is 0.871. The van der Waals surface area contributed by atoms with Gasteiger partial charge in [-0.25, -0.2) is 9.97 Å². The summed E-state index contributed by atoms with van der Waals surface area (Å²) in [5.41, 5.74) is 5.22. The van der Waals surface area contributed by atoms with Crippen molar-refractivity contribution < 1.29 is 0 Å². The van der Waals surface area contributed by atoms with Gasteiger partial charge in [-0.15, -0.1) is 0 Å². The second kappa shape index (κ2) is 5.10. The molecule has 0 unspecified atom stereocenters. The third kappa shape index (κ3) is 2.82. The van der Waals surface area contributed by atoms with Crippen molar-refractivity contribution in [2.24, 2.45) is 0 Å². The fourth-order valence-electron chi connectivity index (χ4n) is 2.66. The first kappa shape index (κ1) is 12.3. The second-order valence-electron chi connectivity index (χ2n) is 5.34. The number of nitrogens with zero attached hydrogens (tertiary/aromatic N) is 3. The summed E-state index contributed by atoms with van der Waals surface area (Å²) in [4.78, 5) is 11.3. The lowest BCUT2D eigenvalue weighted by atomic mass is 10.1. The Hall–Kier alpha value is -1.74. The molecule has 0 radical (unpaired) electrons. The number of hydrogen-bond donors (Lipinski definition) is 0. The second-order valence-corrected chi connectivity index (χ2v) is 5.34. The molecule has 19 heavy (non-hydrogen) atoms. The number of fused-ring (bicyclic) bond motifs is 1. The Kier molecular flexibility index (Phi) is 3.30. The van der Waals surface area contributed by atoms with Crippen molar-refractivity contribution in [3.63, 3.8) is 0 Å². The quantitative estimate of drug-likeness (QED) is 0.824.